The van der Waals surface area contributed by atoms with Crippen molar-refractivity contribution < 1.29 is 19.1 Å². The topological polar surface area (TPSA) is 52.6 Å². The molecule has 0 saturated carbocycles. The van der Waals surface area contributed by atoms with E-state index in [1.165, 1.54) is 44.9 Å². The number of allylic oxidation sites excluding steroid dienone is 1. The molecule has 0 spiro atoms. The van der Waals surface area contributed by atoms with Crippen LogP contribution in [-0.2, 0) is 19.1 Å². The molecule has 164 valence electrons. The minimum absolute atomic E-state index is 0.0461. The molecule has 0 fully saturated rings. The van der Waals surface area contributed by atoms with Crippen LogP contribution < -0.4 is 0 Å². The Hall–Kier alpha value is -1.32. The van der Waals surface area contributed by atoms with Crippen molar-refractivity contribution in [3.63, 3.8) is 0 Å². The van der Waals surface area contributed by atoms with Gasteiger partial charge in [-0.3, -0.25) is 9.59 Å². The number of carbonyl (C=O) groups excluding carboxylic acids is 2. The molecular weight excluding hydrogens is 352 g/mol. The Labute approximate surface area is 173 Å². The predicted octanol–water partition coefficient (Wildman–Crippen LogP) is 6.62. The summed E-state index contributed by atoms with van der Waals surface area (Å²) in [5.41, 5.74) is 0. The highest BCUT2D eigenvalue weighted by molar-refractivity contribution is 5.71. The van der Waals surface area contributed by atoms with Gasteiger partial charge in [0.2, 0.25) is 0 Å². The summed E-state index contributed by atoms with van der Waals surface area (Å²) in [6, 6.07) is 0. The second-order valence-electron chi connectivity index (χ2n) is 8.55. The molecule has 0 aliphatic carbocycles. The first-order chi connectivity index (χ1) is 13.4. The van der Waals surface area contributed by atoms with Gasteiger partial charge in [-0.1, -0.05) is 84.8 Å². The zero-order chi connectivity index (χ0) is 21.0. The summed E-state index contributed by atoms with van der Waals surface area (Å²) in [4.78, 5) is 22.9. The molecule has 0 atom stereocenters. The quantitative estimate of drug-likeness (QED) is 0.148. The molecule has 4 heteroatoms. The number of ether oxygens (including phenoxy) is 2. The van der Waals surface area contributed by atoms with E-state index in [1.54, 1.807) is 0 Å². The first-order valence-electron chi connectivity index (χ1n) is 11.4. The molecule has 0 radical (unpaired) electrons. The molecule has 0 amide bonds. The van der Waals surface area contributed by atoms with Crippen LogP contribution in [0.2, 0.25) is 0 Å². The van der Waals surface area contributed by atoms with Crippen molar-refractivity contribution in [1.29, 1.82) is 0 Å². The van der Waals surface area contributed by atoms with Gasteiger partial charge in [-0.25, -0.2) is 0 Å². The van der Waals surface area contributed by atoms with Crippen molar-refractivity contribution >= 4 is 11.9 Å². The standard InChI is InChI=1S/C24H44O4/c1-21(2)19-27-23(25)17-15-13-11-9-7-5-6-8-10-12-14-16-18-24(26)28-20-22(3)4/h13,15,21-22H,5-12,14,16-20H2,1-4H3/b15-13+. The van der Waals surface area contributed by atoms with E-state index in [0.29, 0.717) is 37.9 Å². The second-order valence-corrected chi connectivity index (χ2v) is 8.55. The van der Waals surface area contributed by atoms with E-state index in [9.17, 15) is 9.59 Å². The summed E-state index contributed by atoms with van der Waals surface area (Å²) in [6.07, 6.45) is 16.9. The van der Waals surface area contributed by atoms with Gasteiger partial charge in [0.25, 0.3) is 0 Å². The minimum atomic E-state index is -0.127. The third-order valence-electron chi connectivity index (χ3n) is 4.36. The monoisotopic (exact) mass is 396 g/mol. The predicted molar refractivity (Wildman–Crippen MR) is 116 cm³/mol. The minimum Gasteiger partial charge on any atom is -0.465 e. The van der Waals surface area contributed by atoms with E-state index in [2.05, 4.69) is 19.9 Å². The highest BCUT2D eigenvalue weighted by Crippen LogP contribution is 2.12. The van der Waals surface area contributed by atoms with Gasteiger partial charge in [0.1, 0.15) is 0 Å². The van der Waals surface area contributed by atoms with Crippen LogP contribution in [-0.4, -0.2) is 25.2 Å². The maximum absolute atomic E-state index is 11.5. The molecule has 0 rings (SSSR count). The number of rotatable bonds is 18. The van der Waals surface area contributed by atoms with Crippen LogP contribution in [0, 0.1) is 11.8 Å². The Morgan fingerprint density at radius 1 is 0.643 bits per heavy atom. The number of hydrogen-bond donors (Lipinski definition) is 0. The third kappa shape index (κ3) is 21.0. The molecule has 28 heavy (non-hydrogen) atoms. The summed E-state index contributed by atoms with van der Waals surface area (Å²) < 4.78 is 10.3. The third-order valence-corrected chi connectivity index (χ3v) is 4.36. The van der Waals surface area contributed by atoms with Crippen LogP contribution >= 0.6 is 0 Å². The number of unbranched alkanes of at least 4 members (excludes halogenated alkanes) is 9. The first kappa shape index (κ1) is 26.7. The molecular formula is C24H44O4. The molecule has 0 heterocycles. The Morgan fingerprint density at radius 2 is 1.11 bits per heavy atom. The van der Waals surface area contributed by atoms with Crippen LogP contribution in [0.25, 0.3) is 0 Å². The van der Waals surface area contributed by atoms with Gasteiger partial charge in [-0.2, -0.15) is 0 Å². The Balaban J connectivity index is 3.28. The molecule has 0 aromatic carbocycles. The molecule has 0 aromatic rings. The van der Waals surface area contributed by atoms with E-state index in [-0.39, 0.29) is 11.9 Å². The van der Waals surface area contributed by atoms with Gasteiger partial charge in [-0.05, 0) is 31.1 Å². The lowest BCUT2D eigenvalue weighted by molar-refractivity contribution is -0.145. The maximum Gasteiger partial charge on any atom is 0.309 e. The Bertz CT molecular complexity index is 413. The average molecular weight is 397 g/mol. The van der Waals surface area contributed by atoms with Gasteiger partial charge in [0, 0.05) is 6.42 Å². The van der Waals surface area contributed by atoms with Gasteiger partial charge in [0.05, 0.1) is 19.6 Å². The molecule has 0 aromatic heterocycles. The van der Waals surface area contributed by atoms with Crippen molar-refractivity contribution in [2.24, 2.45) is 11.8 Å². The normalized spacial score (nSPS) is 11.5. The largest absolute Gasteiger partial charge is 0.465 e. The summed E-state index contributed by atoms with van der Waals surface area (Å²) in [5.74, 6) is 0.636. The van der Waals surface area contributed by atoms with Crippen molar-refractivity contribution in [3.8, 4) is 0 Å². The van der Waals surface area contributed by atoms with E-state index < -0.39 is 0 Å². The van der Waals surface area contributed by atoms with Crippen LogP contribution in [0.3, 0.4) is 0 Å². The Morgan fingerprint density at radius 3 is 1.64 bits per heavy atom. The SMILES string of the molecule is CC(C)COC(=O)C/C=C/CCCCCCCCCCCC(=O)OCC(C)C. The fraction of sp³-hybridized carbons (Fsp3) is 0.833. The average Bonchev–Trinajstić information content (AvgIpc) is 2.64. The fourth-order valence-corrected chi connectivity index (χ4v) is 2.72. The maximum atomic E-state index is 11.5. The van der Waals surface area contributed by atoms with E-state index in [0.717, 1.165) is 19.3 Å². The van der Waals surface area contributed by atoms with Crippen LogP contribution in [0.5, 0.6) is 0 Å². The molecule has 0 N–H and O–H groups in total. The number of carbonyl (C=O) groups is 2. The van der Waals surface area contributed by atoms with Crippen LogP contribution in [0.4, 0.5) is 0 Å². The van der Waals surface area contributed by atoms with Crippen molar-refractivity contribution in [1.82, 2.24) is 0 Å². The Kier molecular flexibility index (Phi) is 18.1. The smallest absolute Gasteiger partial charge is 0.309 e. The van der Waals surface area contributed by atoms with Gasteiger partial charge < -0.3 is 9.47 Å². The van der Waals surface area contributed by atoms with Crippen molar-refractivity contribution in [3.05, 3.63) is 12.2 Å². The molecule has 0 aliphatic heterocycles. The zero-order valence-electron chi connectivity index (χ0n) is 18.8. The lowest BCUT2D eigenvalue weighted by Crippen LogP contribution is -2.09. The van der Waals surface area contributed by atoms with Crippen molar-refractivity contribution in [2.75, 3.05) is 13.2 Å². The number of esters is 2. The van der Waals surface area contributed by atoms with Crippen LogP contribution in [0.1, 0.15) is 105 Å². The summed E-state index contributed by atoms with van der Waals surface area (Å²) >= 11 is 0. The van der Waals surface area contributed by atoms with Gasteiger partial charge in [-0.15, -0.1) is 0 Å². The number of hydrogen-bond acceptors (Lipinski definition) is 4. The second kappa shape index (κ2) is 19.0. The molecule has 0 aliphatic rings. The molecule has 0 bridgehead atoms. The fourth-order valence-electron chi connectivity index (χ4n) is 2.72. The van der Waals surface area contributed by atoms with Crippen LogP contribution in [0.15, 0.2) is 12.2 Å². The summed E-state index contributed by atoms with van der Waals surface area (Å²) in [7, 11) is 0. The van der Waals surface area contributed by atoms with E-state index in [1.807, 2.05) is 19.9 Å². The highest BCUT2D eigenvalue weighted by atomic mass is 16.5. The lowest BCUT2D eigenvalue weighted by atomic mass is 10.1. The van der Waals surface area contributed by atoms with E-state index in [4.69, 9.17) is 9.47 Å². The first-order valence-corrected chi connectivity index (χ1v) is 11.4. The lowest BCUT2D eigenvalue weighted by Gasteiger charge is -2.06. The molecule has 0 saturated heterocycles. The van der Waals surface area contributed by atoms with Gasteiger partial charge in [0.15, 0.2) is 0 Å². The van der Waals surface area contributed by atoms with Gasteiger partial charge >= 0.3 is 11.9 Å². The summed E-state index contributed by atoms with van der Waals surface area (Å²) in [6.45, 7) is 9.24. The summed E-state index contributed by atoms with van der Waals surface area (Å²) in [5, 5.41) is 0. The highest BCUT2D eigenvalue weighted by Gasteiger charge is 2.04. The molecule has 4 nitrogen and oxygen atoms in total. The van der Waals surface area contributed by atoms with Crippen molar-refractivity contribution in [2.45, 2.75) is 105 Å². The molecule has 0 unspecified atom stereocenters. The van der Waals surface area contributed by atoms with E-state index >= 15 is 0 Å². The zero-order valence-corrected chi connectivity index (χ0v) is 18.8.